The van der Waals surface area contributed by atoms with Crippen LogP contribution in [0.5, 0.6) is 0 Å². The van der Waals surface area contributed by atoms with Crippen LogP contribution in [0.4, 0.5) is 23.0 Å². The first-order valence-corrected chi connectivity index (χ1v) is 5.43. The molecule has 2 aromatic heterocycles. The molecule has 0 atom stereocenters. The summed E-state index contributed by atoms with van der Waals surface area (Å²) in [5.74, 6) is 0.883. The predicted octanol–water partition coefficient (Wildman–Crippen LogP) is 2.06. The van der Waals surface area contributed by atoms with Crippen LogP contribution in [-0.4, -0.2) is 26.9 Å². The van der Waals surface area contributed by atoms with Gasteiger partial charge in [0.25, 0.3) is 11.4 Å². The summed E-state index contributed by atoms with van der Waals surface area (Å²) in [5, 5.41) is 21.1. The molecule has 0 fully saturated rings. The van der Waals surface area contributed by atoms with Crippen molar-refractivity contribution in [2.45, 2.75) is 0 Å². The average Bonchev–Trinajstić information content (AvgIpc) is 2.46. The summed E-state index contributed by atoms with van der Waals surface area (Å²) in [6.45, 7) is 0. The van der Waals surface area contributed by atoms with Crippen LogP contribution in [0.15, 0.2) is 36.7 Å². The van der Waals surface area contributed by atoms with Crippen molar-refractivity contribution in [3.8, 4) is 0 Å². The number of nitro groups is 2. The van der Waals surface area contributed by atoms with Gasteiger partial charge in [-0.2, -0.15) is 0 Å². The first-order valence-electron chi connectivity index (χ1n) is 5.43. The molecule has 0 aliphatic carbocycles. The minimum absolute atomic E-state index is 0.112. The summed E-state index contributed by atoms with van der Waals surface area (Å²) < 4.78 is 0. The summed E-state index contributed by atoms with van der Waals surface area (Å²) in [7, 11) is 1.66. The zero-order chi connectivity index (χ0) is 14.7. The lowest BCUT2D eigenvalue weighted by Crippen LogP contribution is -2.12. The van der Waals surface area contributed by atoms with E-state index in [1.54, 1.807) is 11.9 Å². The molecule has 0 aliphatic heterocycles. The van der Waals surface area contributed by atoms with Gasteiger partial charge in [-0.05, 0) is 12.1 Å². The van der Waals surface area contributed by atoms with Crippen LogP contribution in [-0.2, 0) is 0 Å². The number of hydrogen-bond donors (Lipinski definition) is 0. The fraction of sp³-hybridized carbons (Fsp3) is 0.0909. The molecule has 0 aromatic carbocycles. The summed E-state index contributed by atoms with van der Waals surface area (Å²) in [4.78, 5) is 29.4. The van der Waals surface area contributed by atoms with E-state index in [0.29, 0.717) is 11.6 Å². The van der Waals surface area contributed by atoms with Crippen molar-refractivity contribution >= 4 is 23.0 Å². The van der Waals surface area contributed by atoms with Crippen molar-refractivity contribution in [2.24, 2.45) is 0 Å². The van der Waals surface area contributed by atoms with Gasteiger partial charge in [0.2, 0.25) is 0 Å². The Labute approximate surface area is 112 Å². The van der Waals surface area contributed by atoms with Crippen molar-refractivity contribution in [1.29, 1.82) is 0 Å². The van der Waals surface area contributed by atoms with E-state index in [0.717, 1.165) is 12.4 Å². The van der Waals surface area contributed by atoms with E-state index in [1.165, 1.54) is 24.3 Å². The second-order valence-electron chi connectivity index (χ2n) is 3.82. The lowest BCUT2D eigenvalue weighted by Gasteiger charge is -2.16. The maximum absolute atomic E-state index is 10.5. The Kier molecular flexibility index (Phi) is 3.51. The third kappa shape index (κ3) is 2.66. The van der Waals surface area contributed by atoms with Crippen LogP contribution in [0.3, 0.4) is 0 Å². The maximum atomic E-state index is 10.5. The van der Waals surface area contributed by atoms with Gasteiger partial charge in [-0.25, -0.2) is 9.97 Å². The standard InChI is InChI=1S/C11H9N5O4/c1-14(10-4-2-8(6-12-10)15(17)18)11-5-3-9(7-13-11)16(19)20/h2-7H,1H3. The Hall–Kier alpha value is -3.10. The molecule has 0 aliphatic rings. The molecular formula is C11H9N5O4. The van der Waals surface area contributed by atoms with Crippen molar-refractivity contribution in [3.05, 3.63) is 56.9 Å². The molecule has 0 saturated heterocycles. The van der Waals surface area contributed by atoms with Crippen LogP contribution in [0.1, 0.15) is 0 Å². The van der Waals surface area contributed by atoms with Crippen molar-refractivity contribution in [1.82, 2.24) is 9.97 Å². The molecule has 0 N–H and O–H groups in total. The summed E-state index contributed by atoms with van der Waals surface area (Å²) in [6.07, 6.45) is 2.27. The van der Waals surface area contributed by atoms with E-state index in [9.17, 15) is 20.2 Å². The second kappa shape index (κ2) is 5.26. The van der Waals surface area contributed by atoms with Crippen molar-refractivity contribution < 1.29 is 9.85 Å². The Morgan fingerprint density at radius 2 is 1.30 bits per heavy atom. The van der Waals surface area contributed by atoms with Crippen LogP contribution >= 0.6 is 0 Å². The van der Waals surface area contributed by atoms with Gasteiger partial charge in [0.05, 0.1) is 9.85 Å². The highest BCUT2D eigenvalue weighted by Gasteiger charge is 2.12. The maximum Gasteiger partial charge on any atom is 0.287 e. The second-order valence-corrected chi connectivity index (χ2v) is 3.82. The monoisotopic (exact) mass is 275 g/mol. The van der Waals surface area contributed by atoms with Crippen molar-refractivity contribution in [3.63, 3.8) is 0 Å². The Morgan fingerprint density at radius 3 is 1.55 bits per heavy atom. The molecule has 0 saturated carbocycles. The molecule has 0 unspecified atom stereocenters. The van der Waals surface area contributed by atoms with E-state index in [1.807, 2.05) is 0 Å². The largest absolute Gasteiger partial charge is 0.314 e. The topological polar surface area (TPSA) is 115 Å². The lowest BCUT2D eigenvalue weighted by molar-refractivity contribution is -0.385. The van der Waals surface area contributed by atoms with Crippen LogP contribution < -0.4 is 4.90 Å². The number of pyridine rings is 2. The Morgan fingerprint density at radius 1 is 0.900 bits per heavy atom. The number of aromatic nitrogens is 2. The van der Waals surface area contributed by atoms with Gasteiger partial charge in [0.15, 0.2) is 0 Å². The molecular weight excluding hydrogens is 266 g/mol. The first-order chi connectivity index (χ1) is 9.49. The number of anilines is 2. The third-order valence-electron chi connectivity index (χ3n) is 2.57. The molecule has 0 radical (unpaired) electrons. The number of hydrogen-bond acceptors (Lipinski definition) is 7. The molecule has 2 rings (SSSR count). The highest BCUT2D eigenvalue weighted by atomic mass is 16.6. The van der Waals surface area contributed by atoms with E-state index in [4.69, 9.17) is 0 Å². The normalized spacial score (nSPS) is 10.1. The predicted molar refractivity (Wildman–Crippen MR) is 69.8 cm³/mol. The lowest BCUT2D eigenvalue weighted by atomic mass is 10.3. The minimum Gasteiger partial charge on any atom is -0.314 e. The molecule has 2 aromatic rings. The first kappa shape index (κ1) is 13.3. The van der Waals surface area contributed by atoms with Gasteiger partial charge in [-0.1, -0.05) is 0 Å². The molecule has 2 heterocycles. The molecule has 0 amide bonds. The van der Waals surface area contributed by atoms with Crippen LogP contribution in [0.2, 0.25) is 0 Å². The van der Waals surface area contributed by atoms with E-state index >= 15 is 0 Å². The SMILES string of the molecule is CN(c1ccc([N+](=O)[O-])cn1)c1ccc([N+](=O)[O-])cn1. The third-order valence-corrected chi connectivity index (χ3v) is 2.57. The van der Waals surface area contributed by atoms with E-state index in [-0.39, 0.29) is 11.4 Å². The van der Waals surface area contributed by atoms with Gasteiger partial charge in [-0.3, -0.25) is 20.2 Å². The fourth-order valence-corrected chi connectivity index (χ4v) is 1.49. The summed E-state index contributed by atoms with van der Waals surface area (Å²) in [6, 6.07) is 5.59. The minimum atomic E-state index is -0.541. The van der Waals surface area contributed by atoms with Crippen LogP contribution in [0.25, 0.3) is 0 Å². The molecule has 0 spiro atoms. The quantitative estimate of drug-likeness (QED) is 0.619. The molecule has 20 heavy (non-hydrogen) atoms. The molecule has 0 bridgehead atoms. The van der Waals surface area contributed by atoms with E-state index < -0.39 is 9.85 Å². The smallest absolute Gasteiger partial charge is 0.287 e. The summed E-state index contributed by atoms with van der Waals surface area (Å²) in [5.41, 5.74) is -0.224. The Balaban J connectivity index is 2.24. The highest BCUT2D eigenvalue weighted by Crippen LogP contribution is 2.22. The molecule has 9 heteroatoms. The van der Waals surface area contributed by atoms with Gasteiger partial charge in [-0.15, -0.1) is 0 Å². The van der Waals surface area contributed by atoms with Crippen molar-refractivity contribution in [2.75, 3.05) is 11.9 Å². The van der Waals surface area contributed by atoms with Crippen LogP contribution in [0, 0.1) is 20.2 Å². The van der Waals surface area contributed by atoms with Gasteiger partial charge >= 0.3 is 0 Å². The zero-order valence-electron chi connectivity index (χ0n) is 10.3. The number of rotatable bonds is 4. The zero-order valence-corrected chi connectivity index (χ0v) is 10.3. The molecule has 102 valence electrons. The highest BCUT2D eigenvalue weighted by molar-refractivity contribution is 5.56. The summed E-state index contributed by atoms with van der Waals surface area (Å²) >= 11 is 0. The fourth-order valence-electron chi connectivity index (χ4n) is 1.49. The average molecular weight is 275 g/mol. The number of nitrogens with zero attached hydrogens (tertiary/aromatic N) is 5. The van der Waals surface area contributed by atoms with E-state index in [2.05, 4.69) is 9.97 Å². The van der Waals surface area contributed by atoms with Gasteiger partial charge in [0.1, 0.15) is 24.0 Å². The molecule has 9 nitrogen and oxygen atoms in total. The van der Waals surface area contributed by atoms with Gasteiger partial charge in [0, 0.05) is 19.2 Å². The Bertz CT molecular complexity index is 583. The van der Waals surface area contributed by atoms with Gasteiger partial charge < -0.3 is 4.90 Å².